The predicted molar refractivity (Wildman–Crippen MR) is 204 cm³/mol. The van der Waals surface area contributed by atoms with Gasteiger partial charge in [-0.3, -0.25) is 4.99 Å². The topological polar surface area (TPSA) is 17.3 Å². The number of aryl methyl sites for hydroxylation is 1. The Morgan fingerprint density at radius 1 is 0.583 bits per heavy atom. The van der Waals surface area contributed by atoms with Gasteiger partial charge in [-0.15, -0.1) is 0 Å². The highest BCUT2D eigenvalue weighted by Crippen LogP contribution is 2.49. The molecule has 1 aliphatic carbocycles. The van der Waals surface area contributed by atoms with E-state index in [0.29, 0.717) is 0 Å². The van der Waals surface area contributed by atoms with Crippen molar-refractivity contribution in [2.45, 2.75) is 32.1 Å². The van der Waals surface area contributed by atoms with Gasteiger partial charge in [-0.1, -0.05) is 129 Å². The summed E-state index contributed by atoms with van der Waals surface area (Å²) in [5.41, 5.74) is 12.2. The molecule has 2 nitrogen and oxygen atoms in total. The van der Waals surface area contributed by atoms with Gasteiger partial charge in [0.1, 0.15) is 0 Å². The second-order valence-electron chi connectivity index (χ2n) is 13.8. The van der Waals surface area contributed by atoms with Crippen LogP contribution < -0.4 is 0 Å². The highest BCUT2D eigenvalue weighted by atomic mass is 15.0. The Bertz CT molecular complexity index is 2630. The van der Waals surface area contributed by atoms with Crippen LogP contribution in [-0.2, 0) is 11.8 Å². The van der Waals surface area contributed by atoms with Crippen LogP contribution in [0.1, 0.15) is 42.7 Å². The first kappa shape index (κ1) is 27.4. The van der Waals surface area contributed by atoms with Crippen molar-refractivity contribution < 1.29 is 0 Å². The van der Waals surface area contributed by atoms with Crippen molar-refractivity contribution in [1.29, 1.82) is 0 Å². The molecule has 0 radical (unpaired) electrons. The monoisotopic (exact) mass is 614 g/mol. The van der Waals surface area contributed by atoms with Crippen LogP contribution in [0.5, 0.6) is 0 Å². The van der Waals surface area contributed by atoms with Gasteiger partial charge < -0.3 is 4.57 Å². The van der Waals surface area contributed by atoms with E-state index in [9.17, 15) is 0 Å². The maximum atomic E-state index is 5.42. The Balaban J connectivity index is 1.12. The molecule has 0 fully saturated rings. The van der Waals surface area contributed by atoms with Crippen molar-refractivity contribution in [1.82, 2.24) is 4.57 Å². The third-order valence-electron chi connectivity index (χ3n) is 10.8. The summed E-state index contributed by atoms with van der Waals surface area (Å²) in [5, 5.41) is 9.13. The Kier molecular flexibility index (Phi) is 5.78. The van der Waals surface area contributed by atoms with Crippen LogP contribution in [0.3, 0.4) is 0 Å². The average molecular weight is 615 g/mol. The standard InChI is InChI=1S/C46H34N2/c1-46(2)40-26-27-42-43(44(40)47-45(46)30-12-4-3-5-13-30)38-18-10-11-19-41(38)48(42)32-23-20-29(21-24-32)31-22-25-37-35-16-7-6-14-33(35)34-15-8-9-17-36(34)39(37)28-31/h3-9,11-17,19-28H,10,18H2,1-2H3. The molecule has 228 valence electrons. The van der Waals surface area contributed by atoms with E-state index in [2.05, 4.69) is 164 Å². The fourth-order valence-electron chi connectivity index (χ4n) is 8.50. The van der Waals surface area contributed by atoms with Gasteiger partial charge in [-0.2, -0.15) is 0 Å². The van der Waals surface area contributed by atoms with Crippen molar-refractivity contribution in [2.75, 3.05) is 0 Å². The normalized spacial score (nSPS) is 14.9. The molecule has 2 heteroatoms. The Labute approximate surface area is 280 Å². The molecule has 0 saturated heterocycles. The summed E-state index contributed by atoms with van der Waals surface area (Å²) < 4.78 is 2.45. The van der Waals surface area contributed by atoms with Gasteiger partial charge in [-0.05, 0) is 103 Å². The zero-order valence-corrected chi connectivity index (χ0v) is 27.2. The van der Waals surface area contributed by atoms with Crippen LogP contribution in [-0.4, -0.2) is 10.3 Å². The highest BCUT2D eigenvalue weighted by Gasteiger charge is 2.38. The Hall–Kier alpha value is -5.73. The number of rotatable bonds is 3. The molecular weight excluding hydrogens is 581 g/mol. The Morgan fingerprint density at radius 3 is 1.92 bits per heavy atom. The van der Waals surface area contributed by atoms with Gasteiger partial charge in [0.15, 0.2) is 0 Å². The lowest BCUT2D eigenvalue weighted by Gasteiger charge is -2.22. The number of fused-ring (bicyclic) bond motifs is 11. The van der Waals surface area contributed by atoms with Crippen molar-refractivity contribution in [3.05, 3.63) is 162 Å². The van der Waals surface area contributed by atoms with Crippen LogP contribution >= 0.6 is 0 Å². The predicted octanol–water partition coefficient (Wildman–Crippen LogP) is 12.1. The smallest absolute Gasteiger partial charge is 0.0772 e. The van der Waals surface area contributed by atoms with Crippen molar-refractivity contribution in [2.24, 2.45) is 4.99 Å². The van der Waals surface area contributed by atoms with Crippen LogP contribution in [0.2, 0.25) is 0 Å². The van der Waals surface area contributed by atoms with Crippen LogP contribution in [0.25, 0.3) is 66.1 Å². The van der Waals surface area contributed by atoms with E-state index < -0.39 is 0 Å². The first-order valence-corrected chi connectivity index (χ1v) is 17.0. The summed E-state index contributed by atoms with van der Waals surface area (Å²) in [6, 6.07) is 49.0. The fourth-order valence-corrected chi connectivity index (χ4v) is 8.50. The average Bonchev–Trinajstić information content (AvgIpc) is 3.63. The number of aromatic nitrogens is 1. The first-order valence-electron chi connectivity index (χ1n) is 17.0. The summed E-state index contributed by atoms with van der Waals surface area (Å²) in [6.07, 6.45) is 6.72. The molecule has 1 aromatic heterocycles. The maximum absolute atomic E-state index is 5.42. The number of nitrogens with zero attached hydrogens (tertiary/aromatic N) is 2. The maximum Gasteiger partial charge on any atom is 0.0772 e. The molecule has 8 aromatic rings. The minimum absolute atomic E-state index is 0.163. The molecule has 0 saturated carbocycles. The molecule has 0 atom stereocenters. The molecule has 7 aromatic carbocycles. The SMILES string of the molecule is CC1(C)C(c2ccccc2)=Nc2c1ccc1c2c2c(n1-c1ccc(-c3ccc4c5ccccc5c5ccccc5c4c3)cc1)C=CCC2. The number of allylic oxidation sites excluding steroid dienone is 1. The van der Waals surface area contributed by atoms with Gasteiger partial charge in [-0.25, -0.2) is 0 Å². The van der Waals surface area contributed by atoms with Gasteiger partial charge in [0.2, 0.25) is 0 Å². The largest absolute Gasteiger partial charge is 0.310 e. The quantitative estimate of drug-likeness (QED) is 0.176. The van der Waals surface area contributed by atoms with E-state index in [1.807, 2.05) is 0 Å². The molecule has 0 N–H and O–H groups in total. The molecule has 10 rings (SSSR count). The lowest BCUT2D eigenvalue weighted by molar-refractivity contribution is 0.738. The Morgan fingerprint density at radius 2 is 1.21 bits per heavy atom. The molecule has 2 heterocycles. The fraction of sp³-hybridized carbons (Fsp3) is 0.109. The number of hydrogen-bond donors (Lipinski definition) is 0. The third kappa shape index (κ3) is 3.83. The number of hydrogen-bond acceptors (Lipinski definition) is 1. The second-order valence-corrected chi connectivity index (χ2v) is 13.8. The van der Waals surface area contributed by atoms with Crippen molar-refractivity contribution in [3.63, 3.8) is 0 Å². The number of benzene rings is 7. The van der Waals surface area contributed by atoms with Crippen LogP contribution in [0, 0.1) is 0 Å². The van der Waals surface area contributed by atoms with Gasteiger partial charge >= 0.3 is 0 Å². The summed E-state index contributed by atoms with van der Waals surface area (Å²) >= 11 is 0. The van der Waals surface area contributed by atoms with E-state index in [4.69, 9.17) is 4.99 Å². The van der Waals surface area contributed by atoms with E-state index in [-0.39, 0.29) is 5.41 Å². The van der Waals surface area contributed by atoms with Crippen LogP contribution in [0.15, 0.2) is 145 Å². The summed E-state index contributed by atoms with van der Waals surface area (Å²) in [4.78, 5) is 5.42. The minimum atomic E-state index is -0.163. The van der Waals surface area contributed by atoms with Gasteiger partial charge in [0, 0.05) is 22.2 Å². The molecule has 0 spiro atoms. The molecule has 0 amide bonds. The van der Waals surface area contributed by atoms with E-state index in [1.54, 1.807) is 0 Å². The lowest BCUT2D eigenvalue weighted by atomic mass is 9.78. The zero-order valence-electron chi connectivity index (χ0n) is 27.2. The van der Waals surface area contributed by atoms with E-state index in [0.717, 1.165) is 24.2 Å². The molecule has 1 aliphatic heterocycles. The van der Waals surface area contributed by atoms with Gasteiger partial charge in [0.25, 0.3) is 0 Å². The molecule has 2 aliphatic rings. The summed E-state index contributed by atoms with van der Waals surface area (Å²) in [5.74, 6) is 0. The third-order valence-corrected chi connectivity index (χ3v) is 10.8. The molecule has 48 heavy (non-hydrogen) atoms. The molecule has 0 bridgehead atoms. The first-order chi connectivity index (χ1) is 23.6. The number of aliphatic imine (C=N–C) groups is 1. The van der Waals surface area contributed by atoms with Crippen LogP contribution in [0.4, 0.5) is 5.69 Å². The van der Waals surface area contributed by atoms with E-state index >= 15 is 0 Å². The van der Waals surface area contributed by atoms with E-state index in [1.165, 1.54) is 82.4 Å². The highest BCUT2D eigenvalue weighted by molar-refractivity contribution is 6.25. The molecular formula is C46H34N2. The van der Waals surface area contributed by atoms with Crippen molar-refractivity contribution in [3.8, 4) is 16.8 Å². The van der Waals surface area contributed by atoms with Gasteiger partial charge in [0.05, 0.1) is 16.9 Å². The van der Waals surface area contributed by atoms with Crippen molar-refractivity contribution >= 4 is 60.7 Å². The molecule has 0 unspecified atom stereocenters. The summed E-state index contributed by atoms with van der Waals surface area (Å²) in [7, 11) is 0. The lowest BCUT2D eigenvalue weighted by Crippen LogP contribution is -2.26. The zero-order chi connectivity index (χ0) is 32.0. The second kappa shape index (κ2) is 10.1. The summed E-state index contributed by atoms with van der Waals surface area (Å²) in [6.45, 7) is 4.63. The minimum Gasteiger partial charge on any atom is -0.310 e.